The van der Waals surface area contributed by atoms with Crippen LogP contribution in [0, 0.1) is 0 Å². The monoisotopic (exact) mass is 363 g/mol. The zero-order valence-electron chi connectivity index (χ0n) is 13.7. The summed E-state index contributed by atoms with van der Waals surface area (Å²) in [6.45, 7) is -1.89. The highest BCUT2D eigenvalue weighted by Crippen LogP contribution is 2.20. The van der Waals surface area contributed by atoms with E-state index in [1.165, 1.54) is 17.0 Å². The maximum absolute atomic E-state index is 12.8. The van der Waals surface area contributed by atoms with Crippen molar-refractivity contribution < 1.29 is 22.4 Å². The summed E-state index contributed by atoms with van der Waals surface area (Å²) in [4.78, 5) is 13.1. The summed E-state index contributed by atoms with van der Waals surface area (Å²) in [7, 11) is 0. The van der Waals surface area contributed by atoms with Crippen LogP contribution in [0.25, 0.3) is 11.1 Å². The van der Waals surface area contributed by atoms with Crippen LogP contribution in [-0.4, -0.2) is 33.3 Å². The van der Waals surface area contributed by atoms with Crippen molar-refractivity contribution in [2.45, 2.75) is 19.3 Å². The maximum atomic E-state index is 12.8. The van der Waals surface area contributed by atoms with E-state index in [9.17, 15) is 18.0 Å². The van der Waals surface area contributed by atoms with Gasteiger partial charge in [0, 0.05) is 11.8 Å². The molecule has 0 bridgehead atoms. The summed E-state index contributed by atoms with van der Waals surface area (Å²) in [5, 5.41) is 4.07. The first-order valence-corrected chi connectivity index (χ1v) is 7.85. The van der Waals surface area contributed by atoms with Crippen LogP contribution >= 0.6 is 0 Å². The largest absolute Gasteiger partial charge is 0.467 e. The Bertz CT molecular complexity index is 842. The Kier molecular flexibility index (Phi) is 5.11. The highest BCUT2D eigenvalue weighted by Gasteiger charge is 2.33. The van der Waals surface area contributed by atoms with Gasteiger partial charge in [-0.15, -0.1) is 0 Å². The predicted octanol–water partition coefficient (Wildman–Crippen LogP) is 3.73. The van der Waals surface area contributed by atoms with E-state index < -0.39 is 18.6 Å². The Balaban J connectivity index is 1.72. The van der Waals surface area contributed by atoms with Gasteiger partial charge in [-0.2, -0.15) is 18.3 Å². The van der Waals surface area contributed by atoms with Crippen LogP contribution in [0.3, 0.4) is 0 Å². The Morgan fingerprint density at radius 3 is 2.54 bits per heavy atom. The number of hydrogen-bond donors (Lipinski definition) is 0. The molecule has 0 N–H and O–H groups in total. The highest BCUT2D eigenvalue weighted by molar-refractivity contribution is 5.76. The smallest absolute Gasteiger partial charge is 0.406 e. The van der Waals surface area contributed by atoms with Crippen molar-refractivity contribution in [3.63, 3.8) is 0 Å². The molecule has 2 aromatic heterocycles. The molecule has 0 fully saturated rings. The molecule has 5 nitrogen and oxygen atoms in total. The van der Waals surface area contributed by atoms with Crippen LogP contribution in [-0.2, 0) is 17.9 Å². The van der Waals surface area contributed by atoms with E-state index in [1.807, 2.05) is 30.3 Å². The van der Waals surface area contributed by atoms with Gasteiger partial charge in [-0.3, -0.25) is 9.48 Å². The zero-order valence-corrected chi connectivity index (χ0v) is 13.7. The predicted molar refractivity (Wildman–Crippen MR) is 87.8 cm³/mol. The van der Waals surface area contributed by atoms with Crippen LogP contribution in [0.4, 0.5) is 13.2 Å². The van der Waals surface area contributed by atoms with E-state index in [0.29, 0.717) is 4.90 Å². The van der Waals surface area contributed by atoms with Crippen LogP contribution < -0.4 is 0 Å². The third-order valence-electron chi connectivity index (χ3n) is 3.69. The molecule has 3 aromatic rings. The standard InChI is InChI=1S/C18H16F3N3O2/c19-18(20,21)13-23(11-16-7-4-8-26-16)17(25)12-24-10-15(9-22-24)14-5-2-1-3-6-14/h1-10H,11-13H2. The number of hydrogen-bond acceptors (Lipinski definition) is 3. The van der Waals surface area contributed by atoms with Gasteiger partial charge in [-0.25, -0.2) is 0 Å². The van der Waals surface area contributed by atoms with Gasteiger partial charge >= 0.3 is 6.18 Å². The van der Waals surface area contributed by atoms with Crippen molar-refractivity contribution >= 4 is 5.91 Å². The normalized spacial score (nSPS) is 11.5. The molecular weight excluding hydrogens is 347 g/mol. The number of carbonyl (C=O) groups is 1. The third-order valence-corrected chi connectivity index (χ3v) is 3.69. The van der Waals surface area contributed by atoms with E-state index in [4.69, 9.17) is 4.42 Å². The number of carbonyl (C=O) groups excluding carboxylic acids is 1. The summed E-state index contributed by atoms with van der Waals surface area (Å²) < 4.78 is 44.8. The van der Waals surface area contributed by atoms with Gasteiger partial charge < -0.3 is 9.32 Å². The topological polar surface area (TPSA) is 51.3 Å². The SMILES string of the molecule is O=C(Cn1cc(-c2ccccc2)cn1)N(Cc1ccco1)CC(F)(F)F. The Labute approximate surface area is 147 Å². The molecule has 0 atom stereocenters. The molecule has 0 aliphatic carbocycles. The molecule has 136 valence electrons. The molecule has 1 amide bonds. The van der Waals surface area contributed by atoms with Gasteiger partial charge in [0.1, 0.15) is 18.8 Å². The second-order valence-corrected chi connectivity index (χ2v) is 5.74. The first-order chi connectivity index (χ1) is 12.4. The molecule has 0 saturated heterocycles. The van der Waals surface area contributed by atoms with E-state index in [1.54, 1.807) is 18.5 Å². The minimum absolute atomic E-state index is 0.252. The number of nitrogens with zero attached hydrogens (tertiary/aromatic N) is 3. The number of alkyl halides is 3. The van der Waals surface area contributed by atoms with Crippen molar-refractivity contribution in [3.8, 4) is 11.1 Å². The quantitative estimate of drug-likeness (QED) is 0.671. The Morgan fingerprint density at radius 2 is 1.88 bits per heavy atom. The molecule has 0 radical (unpaired) electrons. The molecule has 3 rings (SSSR count). The van der Waals surface area contributed by atoms with Crippen molar-refractivity contribution in [2.24, 2.45) is 0 Å². The second-order valence-electron chi connectivity index (χ2n) is 5.74. The summed E-state index contributed by atoms with van der Waals surface area (Å²) >= 11 is 0. The fraction of sp³-hybridized carbons (Fsp3) is 0.222. The van der Waals surface area contributed by atoms with E-state index >= 15 is 0 Å². The third kappa shape index (κ3) is 4.75. The number of furan rings is 1. The van der Waals surface area contributed by atoms with Crippen molar-refractivity contribution in [1.82, 2.24) is 14.7 Å². The van der Waals surface area contributed by atoms with E-state index in [0.717, 1.165) is 11.1 Å². The molecule has 0 aliphatic rings. The van der Waals surface area contributed by atoms with Gasteiger partial charge in [0.25, 0.3) is 0 Å². The molecule has 0 aliphatic heterocycles. The lowest BCUT2D eigenvalue weighted by molar-refractivity contribution is -0.163. The maximum Gasteiger partial charge on any atom is 0.406 e. The van der Waals surface area contributed by atoms with Crippen LogP contribution in [0.1, 0.15) is 5.76 Å². The van der Waals surface area contributed by atoms with Gasteiger partial charge in [0.15, 0.2) is 0 Å². The van der Waals surface area contributed by atoms with E-state index in [-0.39, 0.29) is 18.8 Å². The van der Waals surface area contributed by atoms with E-state index in [2.05, 4.69) is 5.10 Å². The minimum atomic E-state index is -4.50. The lowest BCUT2D eigenvalue weighted by atomic mass is 10.1. The first kappa shape index (κ1) is 17.8. The van der Waals surface area contributed by atoms with Crippen molar-refractivity contribution in [2.75, 3.05) is 6.54 Å². The van der Waals surface area contributed by atoms with Gasteiger partial charge in [0.2, 0.25) is 5.91 Å². The molecule has 26 heavy (non-hydrogen) atoms. The van der Waals surface area contributed by atoms with Gasteiger partial charge in [-0.1, -0.05) is 30.3 Å². The summed E-state index contributed by atoms with van der Waals surface area (Å²) in [6, 6.07) is 12.5. The average molecular weight is 363 g/mol. The number of rotatable bonds is 6. The Hall–Kier alpha value is -3.03. The number of halogens is 3. The highest BCUT2D eigenvalue weighted by atomic mass is 19.4. The average Bonchev–Trinajstić information content (AvgIpc) is 3.26. The molecule has 8 heteroatoms. The van der Waals surface area contributed by atoms with Crippen LogP contribution in [0.2, 0.25) is 0 Å². The molecule has 0 spiro atoms. The van der Waals surface area contributed by atoms with Crippen molar-refractivity contribution in [1.29, 1.82) is 0 Å². The minimum Gasteiger partial charge on any atom is -0.467 e. The van der Waals surface area contributed by atoms with Gasteiger partial charge in [0.05, 0.1) is 19.0 Å². The summed E-state index contributed by atoms with van der Waals surface area (Å²) in [5.74, 6) is -0.408. The van der Waals surface area contributed by atoms with Crippen LogP contribution in [0.5, 0.6) is 0 Å². The molecule has 0 unspecified atom stereocenters. The lowest BCUT2D eigenvalue weighted by Gasteiger charge is -2.23. The molecule has 0 saturated carbocycles. The lowest BCUT2D eigenvalue weighted by Crippen LogP contribution is -2.40. The fourth-order valence-corrected chi connectivity index (χ4v) is 2.51. The van der Waals surface area contributed by atoms with Crippen LogP contribution in [0.15, 0.2) is 65.5 Å². The summed E-state index contributed by atoms with van der Waals surface area (Å²) in [5.41, 5.74) is 1.70. The van der Waals surface area contributed by atoms with Gasteiger partial charge in [-0.05, 0) is 17.7 Å². The zero-order chi connectivity index (χ0) is 18.6. The second kappa shape index (κ2) is 7.47. The molecular formula is C18H16F3N3O2. The number of aromatic nitrogens is 2. The first-order valence-electron chi connectivity index (χ1n) is 7.85. The fourth-order valence-electron chi connectivity index (χ4n) is 2.51. The number of amides is 1. The van der Waals surface area contributed by atoms with Crippen molar-refractivity contribution in [3.05, 3.63) is 66.9 Å². The number of benzene rings is 1. The molecule has 1 aromatic carbocycles. The summed E-state index contributed by atoms with van der Waals surface area (Å²) in [6.07, 6.45) is 0.0575. The Morgan fingerprint density at radius 1 is 1.12 bits per heavy atom. The molecule has 2 heterocycles.